The van der Waals surface area contributed by atoms with E-state index >= 15 is 4.39 Å². The zero-order chi connectivity index (χ0) is 18.9. The van der Waals surface area contributed by atoms with Crippen LogP contribution in [0.25, 0.3) is 11.4 Å². The van der Waals surface area contributed by atoms with Gasteiger partial charge in [-0.15, -0.1) is 0 Å². The van der Waals surface area contributed by atoms with Gasteiger partial charge in [0.15, 0.2) is 0 Å². The highest BCUT2D eigenvalue weighted by atomic mass is 19.1. The molecule has 3 heterocycles. The summed E-state index contributed by atoms with van der Waals surface area (Å²) in [6.07, 6.45) is 1.59. The van der Waals surface area contributed by atoms with Crippen LogP contribution in [0.5, 0.6) is 0 Å². The lowest BCUT2D eigenvalue weighted by molar-refractivity contribution is 0.0774. The van der Waals surface area contributed by atoms with Crippen molar-refractivity contribution in [3.8, 4) is 11.4 Å². The summed E-state index contributed by atoms with van der Waals surface area (Å²) >= 11 is 0. The van der Waals surface area contributed by atoms with E-state index in [0.717, 1.165) is 12.8 Å². The molecule has 2 aliphatic rings. The van der Waals surface area contributed by atoms with Crippen molar-refractivity contribution in [3.63, 3.8) is 0 Å². The standard InChI is InChI=1S/C18H20F2N4O3/c19-13-3-1-12(2-4-13)15-22-16(27-23-15)18(20)7-8-24(11-18)17(25)21-14-5-9-26-10-6-14/h1-4,14H,5-11H2,(H,21,25). The molecule has 2 saturated heterocycles. The molecule has 2 aliphatic heterocycles. The summed E-state index contributed by atoms with van der Waals surface area (Å²) in [4.78, 5) is 17.9. The Morgan fingerprint density at radius 3 is 2.74 bits per heavy atom. The average molecular weight is 378 g/mol. The molecular formula is C18H20F2N4O3. The maximum Gasteiger partial charge on any atom is 0.317 e. The predicted octanol–water partition coefficient (Wildman–Crippen LogP) is 2.63. The van der Waals surface area contributed by atoms with E-state index in [1.54, 1.807) is 0 Å². The molecule has 1 aromatic heterocycles. The van der Waals surface area contributed by atoms with Crippen LogP contribution >= 0.6 is 0 Å². The van der Waals surface area contributed by atoms with Crippen molar-refractivity contribution in [1.29, 1.82) is 0 Å². The first-order chi connectivity index (χ1) is 13.0. The van der Waals surface area contributed by atoms with Crippen LogP contribution in [0.1, 0.15) is 25.2 Å². The van der Waals surface area contributed by atoms with Crippen molar-refractivity contribution in [2.45, 2.75) is 31.0 Å². The number of hydrogen-bond acceptors (Lipinski definition) is 5. The molecule has 144 valence electrons. The number of benzene rings is 1. The van der Waals surface area contributed by atoms with Gasteiger partial charge in [-0.05, 0) is 37.1 Å². The number of alkyl halides is 1. The number of amides is 2. The Morgan fingerprint density at radius 1 is 1.26 bits per heavy atom. The fraction of sp³-hybridized carbons (Fsp3) is 0.500. The van der Waals surface area contributed by atoms with Crippen LogP contribution in [0.2, 0.25) is 0 Å². The predicted molar refractivity (Wildman–Crippen MR) is 91.0 cm³/mol. The van der Waals surface area contributed by atoms with Crippen LogP contribution in [0, 0.1) is 5.82 Å². The van der Waals surface area contributed by atoms with Gasteiger partial charge in [-0.2, -0.15) is 4.98 Å². The van der Waals surface area contributed by atoms with Gasteiger partial charge in [0.05, 0.1) is 6.54 Å². The second-order valence-electron chi connectivity index (χ2n) is 6.90. The Morgan fingerprint density at radius 2 is 2.00 bits per heavy atom. The van der Waals surface area contributed by atoms with E-state index in [-0.39, 0.29) is 49.1 Å². The number of nitrogens with one attached hydrogen (secondary N) is 1. The number of urea groups is 1. The molecule has 9 heteroatoms. The SMILES string of the molecule is O=C(NC1CCOCC1)N1CCC(F)(c2nc(-c3ccc(F)cc3)no2)C1. The third-order valence-electron chi connectivity index (χ3n) is 4.97. The molecule has 1 atom stereocenters. The first-order valence-corrected chi connectivity index (χ1v) is 8.96. The van der Waals surface area contributed by atoms with Crippen molar-refractivity contribution in [2.75, 3.05) is 26.3 Å². The molecule has 1 N–H and O–H groups in total. The number of hydrogen-bond donors (Lipinski definition) is 1. The second kappa shape index (κ2) is 7.22. The van der Waals surface area contributed by atoms with Crippen LogP contribution in [-0.4, -0.2) is 53.4 Å². The van der Waals surface area contributed by atoms with Gasteiger partial charge < -0.3 is 19.5 Å². The average Bonchev–Trinajstić information content (AvgIpc) is 3.32. The molecule has 0 spiro atoms. The van der Waals surface area contributed by atoms with E-state index in [4.69, 9.17) is 9.26 Å². The smallest absolute Gasteiger partial charge is 0.317 e. The maximum absolute atomic E-state index is 15.3. The van der Waals surface area contributed by atoms with E-state index in [1.165, 1.54) is 29.2 Å². The van der Waals surface area contributed by atoms with E-state index in [2.05, 4.69) is 15.5 Å². The summed E-state index contributed by atoms with van der Waals surface area (Å²) in [6.45, 7) is 1.35. The van der Waals surface area contributed by atoms with Crippen LogP contribution < -0.4 is 5.32 Å². The van der Waals surface area contributed by atoms with Crippen LogP contribution in [0.15, 0.2) is 28.8 Å². The normalized spacial score (nSPS) is 23.6. The van der Waals surface area contributed by atoms with Gasteiger partial charge in [-0.3, -0.25) is 0 Å². The first-order valence-electron chi connectivity index (χ1n) is 8.96. The Balaban J connectivity index is 1.42. The number of rotatable bonds is 3. The van der Waals surface area contributed by atoms with Gasteiger partial charge in [0.2, 0.25) is 11.5 Å². The number of nitrogens with zero attached hydrogens (tertiary/aromatic N) is 3. The quantitative estimate of drug-likeness (QED) is 0.888. The van der Waals surface area contributed by atoms with E-state index < -0.39 is 5.67 Å². The number of likely N-dealkylation sites (tertiary alicyclic amines) is 1. The van der Waals surface area contributed by atoms with Crippen molar-refractivity contribution < 1.29 is 22.8 Å². The molecular weight excluding hydrogens is 358 g/mol. The number of carbonyl (C=O) groups is 1. The highest BCUT2D eigenvalue weighted by Crippen LogP contribution is 2.36. The largest absolute Gasteiger partial charge is 0.381 e. The topological polar surface area (TPSA) is 80.5 Å². The molecule has 7 nitrogen and oxygen atoms in total. The minimum Gasteiger partial charge on any atom is -0.381 e. The third kappa shape index (κ3) is 3.78. The Labute approximate surface area is 154 Å². The summed E-state index contributed by atoms with van der Waals surface area (Å²) in [7, 11) is 0. The zero-order valence-electron chi connectivity index (χ0n) is 14.7. The Hall–Kier alpha value is -2.55. The lowest BCUT2D eigenvalue weighted by Gasteiger charge is -2.26. The molecule has 0 radical (unpaired) electrons. The highest BCUT2D eigenvalue weighted by Gasteiger charge is 2.46. The minimum absolute atomic E-state index is 0.0503. The molecule has 0 saturated carbocycles. The molecule has 2 aromatic rings. The number of ether oxygens (including phenoxy) is 1. The van der Waals surface area contributed by atoms with Crippen LogP contribution in [0.4, 0.5) is 13.6 Å². The minimum atomic E-state index is -1.89. The van der Waals surface area contributed by atoms with Crippen molar-refractivity contribution in [3.05, 3.63) is 36.0 Å². The molecule has 27 heavy (non-hydrogen) atoms. The van der Waals surface area contributed by atoms with Gasteiger partial charge in [-0.1, -0.05) is 5.16 Å². The number of halogens is 2. The van der Waals surface area contributed by atoms with Crippen molar-refractivity contribution in [2.24, 2.45) is 0 Å². The Bertz CT molecular complexity index is 807. The number of aromatic nitrogens is 2. The first kappa shape index (κ1) is 17.8. The van der Waals surface area contributed by atoms with Crippen molar-refractivity contribution in [1.82, 2.24) is 20.4 Å². The summed E-state index contributed by atoms with van der Waals surface area (Å²) in [5.74, 6) is -0.360. The van der Waals surface area contributed by atoms with Crippen LogP contribution in [-0.2, 0) is 10.4 Å². The van der Waals surface area contributed by atoms with Crippen LogP contribution in [0.3, 0.4) is 0 Å². The maximum atomic E-state index is 15.3. The molecule has 1 aromatic carbocycles. The van der Waals surface area contributed by atoms with E-state index in [1.807, 2.05) is 0 Å². The Kier molecular flexibility index (Phi) is 4.77. The third-order valence-corrected chi connectivity index (χ3v) is 4.97. The second-order valence-corrected chi connectivity index (χ2v) is 6.90. The van der Waals surface area contributed by atoms with Gasteiger partial charge >= 0.3 is 6.03 Å². The summed E-state index contributed by atoms with van der Waals surface area (Å²) < 4.78 is 38.7. The molecule has 4 rings (SSSR count). The molecule has 0 aliphatic carbocycles. The molecule has 0 bridgehead atoms. The lowest BCUT2D eigenvalue weighted by atomic mass is 10.1. The van der Waals surface area contributed by atoms with Gasteiger partial charge in [-0.25, -0.2) is 13.6 Å². The zero-order valence-corrected chi connectivity index (χ0v) is 14.7. The summed E-state index contributed by atoms with van der Waals surface area (Å²) in [5.41, 5.74) is -1.36. The summed E-state index contributed by atoms with van der Waals surface area (Å²) in [6, 6.07) is 5.30. The van der Waals surface area contributed by atoms with E-state index in [0.29, 0.717) is 18.8 Å². The fourth-order valence-corrected chi connectivity index (χ4v) is 3.35. The van der Waals surface area contributed by atoms with Gasteiger partial charge in [0.25, 0.3) is 5.89 Å². The number of carbonyl (C=O) groups excluding carboxylic acids is 1. The van der Waals surface area contributed by atoms with E-state index in [9.17, 15) is 9.18 Å². The van der Waals surface area contributed by atoms with Gasteiger partial charge in [0, 0.05) is 37.8 Å². The molecule has 2 amide bonds. The van der Waals surface area contributed by atoms with Gasteiger partial charge in [0.1, 0.15) is 5.82 Å². The monoisotopic (exact) mass is 378 g/mol. The molecule has 2 fully saturated rings. The summed E-state index contributed by atoms with van der Waals surface area (Å²) in [5, 5.41) is 6.71. The fourth-order valence-electron chi connectivity index (χ4n) is 3.35. The molecule has 1 unspecified atom stereocenters. The highest BCUT2D eigenvalue weighted by molar-refractivity contribution is 5.75. The lowest BCUT2D eigenvalue weighted by Crippen LogP contribution is -2.46. The van der Waals surface area contributed by atoms with Crippen molar-refractivity contribution >= 4 is 6.03 Å².